The maximum absolute atomic E-state index is 14.1. The number of hydrazone groups is 1. The molecule has 4 heterocycles. The molecule has 3 aromatic carbocycles. The Balaban J connectivity index is 0.980. The molecule has 1 aromatic heterocycles. The minimum Gasteiger partial charge on any atom is -0.541 e. The van der Waals surface area contributed by atoms with Gasteiger partial charge in [-0.05, 0) is 60.9 Å². The third-order valence-corrected chi connectivity index (χ3v) is 14.7. The summed E-state index contributed by atoms with van der Waals surface area (Å²) in [5, 5.41) is 11.4. The first-order valence-electron chi connectivity index (χ1n) is 20.8. The molecule has 4 radical (unpaired) electrons. The topological polar surface area (TPSA) is 197 Å². The number of amides is 3. The number of fused-ring (bicyclic) bond motifs is 1. The Morgan fingerprint density at radius 1 is 0.910 bits per heavy atom. The zero-order valence-electron chi connectivity index (χ0n) is 36.4. The number of ketones is 1. The molecule has 8 rings (SSSR count). The summed E-state index contributed by atoms with van der Waals surface area (Å²) in [6.45, 7) is 1.86. The van der Waals surface area contributed by atoms with E-state index < -0.39 is 51.4 Å². The van der Waals surface area contributed by atoms with Crippen molar-refractivity contribution in [3.63, 3.8) is 0 Å². The van der Waals surface area contributed by atoms with Crippen molar-refractivity contribution in [3.8, 4) is 23.0 Å². The Morgan fingerprint density at radius 3 is 2.15 bits per heavy atom. The Labute approximate surface area is 400 Å². The molecular weight excluding hydrogens is 926 g/mol. The van der Waals surface area contributed by atoms with Crippen LogP contribution in [-0.4, -0.2) is 127 Å². The maximum Gasteiger partial charge on any atom is 0.378 e. The largest absolute Gasteiger partial charge is 0.541 e. The van der Waals surface area contributed by atoms with Crippen molar-refractivity contribution >= 4 is 92.4 Å². The number of hydrogen-bond acceptors (Lipinski definition) is 17. The lowest BCUT2D eigenvalue weighted by molar-refractivity contribution is -0.175. The van der Waals surface area contributed by atoms with E-state index in [1.54, 1.807) is 38.7 Å². The summed E-state index contributed by atoms with van der Waals surface area (Å²) < 4.78 is 32.1. The van der Waals surface area contributed by atoms with Crippen LogP contribution >= 0.6 is 34.7 Å². The van der Waals surface area contributed by atoms with Gasteiger partial charge >= 0.3 is 34.1 Å². The average molecular weight is 967 g/mol. The van der Waals surface area contributed by atoms with Crippen LogP contribution in [0.15, 0.2) is 76.3 Å². The molecule has 0 bridgehead atoms. The average Bonchev–Trinajstić information content (AvgIpc) is 4.05. The molecule has 1 aliphatic carbocycles. The van der Waals surface area contributed by atoms with Crippen molar-refractivity contribution < 1.29 is 57.1 Å². The molecule has 0 N–H and O–H groups in total. The normalized spacial score (nSPS) is 20.8. The monoisotopic (exact) mass is 966 g/mol. The first kappa shape index (κ1) is 47.3. The first-order valence-corrected chi connectivity index (χ1v) is 23.0. The third-order valence-electron chi connectivity index (χ3n) is 11.8. The number of thioether (sulfide) groups is 1. The number of methoxy groups -OCH3 is 2. The summed E-state index contributed by atoms with van der Waals surface area (Å²) in [5.41, 5.74) is 0.659. The van der Waals surface area contributed by atoms with E-state index in [-0.39, 0.29) is 74.3 Å². The third kappa shape index (κ3) is 9.38. The summed E-state index contributed by atoms with van der Waals surface area (Å²) in [7, 11) is 13.8. The number of Topliss-reactive ketones (excluding diaryl/α,β-unsaturated/α-hetero) is 1. The fourth-order valence-electron chi connectivity index (χ4n) is 7.87. The van der Waals surface area contributed by atoms with Gasteiger partial charge in [0.05, 0.1) is 54.8 Å². The highest BCUT2D eigenvalue weighted by atomic mass is 35.5. The molecule has 3 saturated heterocycles. The summed E-state index contributed by atoms with van der Waals surface area (Å²) in [6, 6.07) is 17.4. The predicted octanol–water partition coefficient (Wildman–Crippen LogP) is 5.14. The van der Waals surface area contributed by atoms with E-state index in [1.165, 1.54) is 27.4 Å². The zero-order valence-corrected chi connectivity index (χ0v) is 38.8. The Hall–Kier alpha value is -6.25. The number of ether oxygens (including phenoxy) is 4. The fraction of sp³-hybridized carbons (Fsp3) is 0.364. The van der Waals surface area contributed by atoms with Crippen LogP contribution in [0.4, 0.5) is 4.79 Å². The molecule has 67 heavy (non-hydrogen) atoms. The Morgan fingerprint density at radius 2 is 1.57 bits per heavy atom. The van der Waals surface area contributed by atoms with Crippen molar-refractivity contribution in [1.82, 2.24) is 19.8 Å². The molecule has 18 nitrogen and oxygen atoms in total. The van der Waals surface area contributed by atoms with E-state index in [1.807, 2.05) is 48.5 Å². The molecule has 3 aliphatic heterocycles. The van der Waals surface area contributed by atoms with Crippen LogP contribution in [0.5, 0.6) is 23.0 Å². The van der Waals surface area contributed by atoms with Crippen molar-refractivity contribution in [2.45, 2.75) is 61.7 Å². The number of aromatic nitrogens is 1. The summed E-state index contributed by atoms with van der Waals surface area (Å²) >= 11 is 9.23. The minimum atomic E-state index is -1.78. The predicted molar refractivity (Wildman–Crippen MR) is 246 cm³/mol. The van der Waals surface area contributed by atoms with Crippen LogP contribution in [0.3, 0.4) is 0 Å². The Bertz CT molecular complexity index is 2620. The standard InChI is InChI=1S/C44H41B2ClN6O12S2/c1-25-49-32(23-66-25)36(50-65-43(15-4-16-43)40(56)63-45)33(54)19-31-38(55)51-24-44(41(57)64-46,67-39(31)51)52-17-18-53(42(52)58)48-20-28-9-14-34(61-21-26-5-10-29(59-2)11-6-26)37(35(28)47)62-22-27-7-12-30(60-3)13-8-27/h5-14,20,23,31,39H,4,15-19,21-22,24H2,1-3H3/b48-20+,50-36-/t31?,39-,44-/m1/s1. The summed E-state index contributed by atoms with van der Waals surface area (Å²) in [5.74, 6) is -1.77. The van der Waals surface area contributed by atoms with E-state index in [4.69, 9.17) is 56.1 Å². The number of halogens is 1. The molecule has 23 heteroatoms. The second kappa shape index (κ2) is 19.9. The number of nitrogens with zero attached hydrogens (tertiary/aromatic N) is 6. The van der Waals surface area contributed by atoms with Crippen LogP contribution in [0.2, 0.25) is 5.02 Å². The van der Waals surface area contributed by atoms with Gasteiger partial charge in [0.25, 0.3) is 0 Å². The van der Waals surface area contributed by atoms with Gasteiger partial charge in [0.2, 0.25) is 16.4 Å². The number of benzene rings is 3. The summed E-state index contributed by atoms with van der Waals surface area (Å²) in [6.07, 6.45) is 2.25. The maximum atomic E-state index is 14.1. The quantitative estimate of drug-likeness (QED) is 0.0519. The highest BCUT2D eigenvalue weighted by Crippen LogP contribution is 2.53. The number of carbonyl (C=O) groups excluding carboxylic acids is 5. The smallest absolute Gasteiger partial charge is 0.378 e. The molecule has 3 atom stereocenters. The lowest BCUT2D eigenvalue weighted by atomic mass is 9.80. The number of hydrogen-bond donors (Lipinski definition) is 0. The van der Waals surface area contributed by atoms with E-state index in [9.17, 15) is 24.0 Å². The SMILES string of the molecule is [B]OC(=O)C1(O/N=C(\C(=O)CC2C(=O)N3C[C@@](C(=O)O[B])(N4CCN(/N=C/c5ccc(OCc6ccc(OC)cc6)c(OCc6ccc(OC)cc6)c5Cl)C4=O)S[C@H]23)c2csc(C)n2)CCC1. The van der Waals surface area contributed by atoms with Gasteiger partial charge < -0.3 is 38.0 Å². The highest BCUT2D eigenvalue weighted by molar-refractivity contribution is 8.02. The minimum absolute atomic E-state index is 0.00300. The second-order valence-corrected chi connectivity index (χ2v) is 18.6. The van der Waals surface area contributed by atoms with Crippen molar-refractivity contribution in [1.29, 1.82) is 0 Å². The van der Waals surface area contributed by atoms with Gasteiger partial charge in [-0.1, -0.05) is 52.8 Å². The number of thiazole rings is 1. The van der Waals surface area contributed by atoms with Gasteiger partial charge in [0, 0.05) is 36.8 Å². The number of β-lactam (4-membered cyclic amide) rings is 1. The van der Waals surface area contributed by atoms with Crippen LogP contribution < -0.4 is 18.9 Å². The fourth-order valence-corrected chi connectivity index (χ4v) is 10.5. The van der Waals surface area contributed by atoms with Gasteiger partial charge in [0.15, 0.2) is 23.0 Å². The van der Waals surface area contributed by atoms with Crippen LogP contribution in [0.25, 0.3) is 0 Å². The molecule has 1 unspecified atom stereocenters. The van der Waals surface area contributed by atoms with Crippen LogP contribution in [0.1, 0.15) is 53.1 Å². The molecule has 3 amide bonds. The number of urea groups is 1. The number of carbonyl (C=O) groups is 5. The molecule has 0 spiro atoms. The Kier molecular flexibility index (Phi) is 14.0. The molecule has 4 fully saturated rings. The lowest BCUT2D eigenvalue weighted by Crippen LogP contribution is -2.59. The van der Waals surface area contributed by atoms with Crippen molar-refractivity contribution in [2.24, 2.45) is 16.2 Å². The summed E-state index contributed by atoms with van der Waals surface area (Å²) in [4.78, 5) is 78.7. The van der Waals surface area contributed by atoms with Crippen LogP contribution in [-0.2, 0) is 46.5 Å². The van der Waals surface area contributed by atoms with E-state index >= 15 is 0 Å². The van der Waals surface area contributed by atoms with Crippen molar-refractivity contribution in [3.05, 3.63) is 98.5 Å². The van der Waals surface area contributed by atoms with Gasteiger partial charge in [-0.25, -0.2) is 19.6 Å². The van der Waals surface area contributed by atoms with Gasteiger partial charge in [-0.3, -0.25) is 19.3 Å². The van der Waals surface area contributed by atoms with Crippen LogP contribution in [0, 0.1) is 12.8 Å². The molecular formula is C44H41B2ClN6O12S2. The zero-order chi connectivity index (χ0) is 47.5. The van der Waals surface area contributed by atoms with Crippen molar-refractivity contribution in [2.75, 3.05) is 33.9 Å². The lowest BCUT2D eigenvalue weighted by Gasteiger charge is -2.41. The first-order chi connectivity index (χ1) is 32.3. The molecule has 4 aliphatic rings. The van der Waals surface area contributed by atoms with E-state index in [0.29, 0.717) is 34.2 Å². The number of rotatable bonds is 19. The second-order valence-electron chi connectivity index (χ2n) is 15.8. The number of oxime groups is 1. The number of aryl methyl sites for hydroxylation is 1. The molecule has 4 aromatic rings. The molecule has 344 valence electrons. The van der Waals surface area contributed by atoms with Gasteiger partial charge in [0.1, 0.15) is 30.4 Å². The van der Waals surface area contributed by atoms with E-state index in [0.717, 1.165) is 27.9 Å². The van der Waals surface area contributed by atoms with Gasteiger partial charge in [-0.15, -0.1) is 11.3 Å². The van der Waals surface area contributed by atoms with E-state index in [2.05, 4.69) is 19.9 Å². The van der Waals surface area contributed by atoms with Gasteiger partial charge in [-0.2, -0.15) is 5.10 Å². The highest BCUT2D eigenvalue weighted by Gasteiger charge is 2.66. The molecule has 1 saturated carbocycles.